The average molecular weight is 705 g/mol. The number of carbonyl (C=O) groups is 1. The van der Waals surface area contributed by atoms with Crippen LogP contribution >= 0.6 is 0 Å². The number of hydrogen-bond donors (Lipinski definition) is 1. The van der Waals surface area contributed by atoms with E-state index in [2.05, 4.69) is 48.4 Å². The molecule has 0 rings (SSSR count). The van der Waals surface area contributed by atoms with E-state index in [0.717, 1.165) is 38.8 Å². The lowest BCUT2D eigenvalue weighted by molar-refractivity contribution is -0.126. The summed E-state index contributed by atoms with van der Waals surface area (Å²) in [5.41, 5.74) is 0. The van der Waals surface area contributed by atoms with Crippen LogP contribution in [0.25, 0.3) is 0 Å². The van der Waals surface area contributed by atoms with Crippen molar-refractivity contribution >= 4 is 5.91 Å². The molecule has 1 atom stereocenters. The van der Waals surface area contributed by atoms with Gasteiger partial charge in [-0.15, -0.1) is 0 Å². The maximum Gasteiger partial charge on any atom is 0.222 e. The van der Waals surface area contributed by atoms with Crippen molar-refractivity contribution < 1.29 is 14.3 Å². The Hall–Kier alpha value is -1.17. The van der Waals surface area contributed by atoms with Gasteiger partial charge in [-0.05, 0) is 91.3 Å². The van der Waals surface area contributed by atoms with Crippen molar-refractivity contribution in [1.82, 2.24) is 10.2 Å². The first-order valence-corrected chi connectivity index (χ1v) is 22.0. The smallest absolute Gasteiger partial charge is 0.222 e. The second kappa shape index (κ2) is 42.2. The zero-order chi connectivity index (χ0) is 36.4. The van der Waals surface area contributed by atoms with Crippen molar-refractivity contribution in [1.29, 1.82) is 0 Å². The van der Waals surface area contributed by atoms with Gasteiger partial charge < -0.3 is 19.7 Å². The summed E-state index contributed by atoms with van der Waals surface area (Å²) in [5.74, 6) is 0.0890. The molecule has 0 aliphatic carbocycles. The minimum atomic E-state index is -0.246. The van der Waals surface area contributed by atoms with Gasteiger partial charge in [0, 0.05) is 26.1 Å². The quantitative estimate of drug-likeness (QED) is 0.0391. The Labute approximate surface area is 313 Å². The topological polar surface area (TPSA) is 50.8 Å². The molecule has 0 aliphatic rings. The van der Waals surface area contributed by atoms with E-state index >= 15 is 0 Å². The van der Waals surface area contributed by atoms with E-state index in [1.54, 1.807) is 0 Å². The maximum atomic E-state index is 12.6. The normalized spacial score (nSPS) is 12.6. The first kappa shape index (κ1) is 48.8. The van der Waals surface area contributed by atoms with Crippen molar-refractivity contribution in [3.63, 3.8) is 0 Å². The van der Waals surface area contributed by atoms with Crippen molar-refractivity contribution in [3.8, 4) is 0 Å². The number of ether oxygens (including phenoxy) is 2. The van der Waals surface area contributed by atoms with E-state index in [9.17, 15) is 4.79 Å². The van der Waals surface area contributed by atoms with Crippen LogP contribution in [-0.2, 0) is 14.3 Å². The molecule has 0 saturated carbocycles. The first-order chi connectivity index (χ1) is 24.6. The van der Waals surface area contributed by atoms with Crippen LogP contribution in [0.1, 0.15) is 213 Å². The molecule has 0 saturated heterocycles. The highest BCUT2D eigenvalue weighted by Gasteiger charge is 2.13. The van der Waals surface area contributed by atoms with Crippen LogP contribution in [0.5, 0.6) is 0 Å². The van der Waals surface area contributed by atoms with Crippen molar-refractivity contribution in [3.05, 3.63) is 24.3 Å². The van der Waals surface area contributed by atoms with Crippen LogP contribution in [0.2, 0.25) is 0 Å². The molecule has 0 heterocycles. The molecule has 0 fully saturated rings. The second-order valence-corrected chi connectivity index (χ2v) is 15.1. The minimum Gasteiger partial charge on any atom is -0.381 e. The number of hydrogen-bond acceptors (Lipinski definition) is 4. The van der Waals surface area contributed by atoms with Crippen LogP contribution in [0.4, 0.5) is 0 Å². The molecule has 50 heavy (non-hydrogen) atoms. The predicted octanol–water partition coefficient (Wildman–Crippen LogP) is 13.3. The van der Waals surface area contributed by atoms with Gasteiger partial charge in [0.05, 0.1) is 6.61 Å². The maximum absolute atomic E-state index is 12.6. The number of unbranched alkanes of at least 4 members (excludes halogenated alkanes) is 24. The van der Waals surface area contributed by atoms with Gasteiger partial charge in [0.15, 0.2) is 0 Å². The monoisotopic (exact) mass is 705 g/mol. The molecule has 1 N–H and O–H groups in total. The standard InChI is InChI=1S/C45H88N2O3/c1-5-7-9-11-13-15-17-19-21-23-25-27-29-31-33-35-41-49-43-39-45(46-44(48)38-37-40-47(3)4)50-42-36-34-32-30-28-26-24-22-20-18-16-14-12-10-8-6-2/h19-22,45H,5-18,23-43H2,1-4H3,(H,46,48). The molecule has 0 bridgehead atoms. The Morgan fingerprint density at radius 3 is 1.36 bits per heavy atom. The lowest BCUT2D eigenvalue weighted by Gasteiger charge is -2.20. The summed E-state index contributed by atoms with van der Waals surface area (Å²) in [7, 11) is 4.10. The number of nitrogens with one attached hydrogen (secondary N) is 1. The van der Waals surface area contributed by atoms with Gasteiger partial charge in [-0.1, -0.05) is 154 Å². The number of carbonyl (C=O) groups excluding carboxylic acids is 1. The molecular formula is C45H88N2O3. The molecule has 0 aromatic carbocycles. The van der Waals surface area contributed by atoms with Crippen LogP contribution in [0, 0.1) is 0 Å². The summed E-state index contributed by atoms with van der Waals surface area (Å²) in [5, 5.41) is 3.13. The highest BCUT2D eigenvalue weighted by molar-refractivity contribution is 5.76. The van der Waals surface area contributed by atoms with Crippen LogP contribution in [-0.4, -0.2) is 57.5 Å². The summed E-state index contributed by atoms with van der Waals surface area (Å²) in [6, 6.07) is 0. The molecule has 5 nitrogen and oxygen atoms in total. The number of amides is 1. The van der Waals surface area contributed by atoms with Crippen LogP contribution in [0.3, 0.4) is 0 Å². The SMILES string of the molecule is CCCCCCCCC=CCCCCCCCCOCCC(NC(=O)CCCN(C)C)OCCCCCCCCC=CCCCCCCCC. The average Bonchev–Trinajstić information content (AvgIpc) is 3.10. The van der Waals surface area contributed by atoms with Crippen LogP contribution in [0.15, 0.2) is 24.3 Å². The second-order valence-electron chi connectivity index (χ2n) is 15.1. The van der Waals surface area contributed by atoms with E-state index in [4.69, 9.17) is 9.47 Å². The van der Waals surface area contributed by atoms with Gasteiger partial charge in [-0.2, -0.15) is 0 Å². The zero-order valence-corrected chi connectivity index (χ0v) is 34.3. The van der Waals surface area contributed by atoms with Gasteiger partial charge in [-0.3, -0.25) is 4.79 Å². The van der Waals surface area contributed by atoms with Gasteiger partial charge in [0.1, 0.15) is 6.23 Å². The number of rotatable bonds is 41. The third-order valence-corrected chi connectivity index (χ3v) is 9.63. The Kier molecular flexibility index (Phi) is 41.3. The fraction of sp³-hybridized carbons (Fsp3) is 0.889. The molecule has 0 aromatic heterocycles. The van der Waals surface area contributed by atoms with Crippen molar-refractivity contribution in [2.75, 3.05) is 40.5 Å². The molecule has 5 heteroatoms. The zero-order valence-electron chi connectivity index (χ0n) is 34.3. The molecule has 0 radical (unpaired) electrons. The Bertz CT molecular complexity index is 723. The van der Waals surface area contributed by atoms with Gasteiger partial charge in [-0.25, -0.2) is 0 Å². The molecular weight excluding hydrogens is 617 g/mol. The van der Waals surface area contributed by atoms with Gasteiger partial charge in [0.25, 0.3) is 0 Å². The fourth-order valence-electron chi connectivity index (χ4n) is 6.32. The Morgan fingerprint density at radius 1 is 0.520 bits per heavy atom. The van der Waals surface area contributed by atoms with E-state index in [-0.39, 0.29) is 12.1 Å². The van der Waals surface area contributed by atoms with E-state index in [1.807, 2.05) is 14.1 Å². The number of nitrogens with zero attached hydrogens (tertiary/aromatic N) is 1. The third kappa shape index (κ3) is 41.3. The van der Waals surface area contributed by atoms with Crippen LogP contribution < -0.4 is 5.32 Å². The fourth-order valence-corrected chi connectivity index (χ4v) is 6.32. The first-order valence-electron chi connectivity index (χ1n) is 22.0. The molecule has 1 amide bonds. The highest BCUT2D eigenvalue weighted by Crippen LogP contribution is 2.12. The molecule has 0 aromatic rings. The van der Waals surface area contributed by atoms with Gasteiger partial charge >= 0.3 is 0 Å². The summed E-state index contributed by atoms with van der Waals surface area (Å²) in [6.45, 7) is 7.64. The summed E-state index contributed by atoms with van der Waals surface area (Å²) in [4.78, 5) is 14.7. The van der Waals surface area contributed by atoms with E-state index in [0.29, 0.717) is 19.6 Å². The number of allylic oxidation sites excluding steroid dienone is 4. The third-order valence-electron chi connectivity index (χ3n) is 9.63. The molecule has 0 spiro atoms. The Morgan fingerprint density at radius 2 is 0.920 bits per heavy atom. The van der Waals surface area contributed by atoms with Crippen molar-refractivity contribution in [2.24, 2.45) is 0 Å². The summed E-state index contributed by atoms with van der Waals surface area (Å²) >= 11 is 0. The van der Waals surface area contributed by atoms with Crippen molar-refractivity contribution in [2.45, 2.75) is 219 Å². The van der Waals surface area contributed by atoms with Gasteiger partial charge in [0.2, 0.25) is 5.91 Å². The lowest BCUT2D eigenvalue weighted by Crippen LogP contribution is -2.38. The minimum absolute atomic E-state index is 0.0890. The predicted molar refractivity (Wildman–Crippen MR) is 220 cm³/mol. The summed E-state index contributed by atoms with van der Waals surface area (Å²) < 4.78 is 12.1. The highest BCUT2D eigenvalue weighted by atomic mass is 16.5. The van der Waals surface area contributed by atoms with E-state index in [1.165, 1.54) is 167 Å². The molecule has 1 unspecified atom stereocenters. The largest absolute Gasteiger partial charge is 0.381 e. The molecule has 0 aliphatic heterocycles. The molecule has 296 valence electrons. The Balaban J connectivity index is 3.89. The summed E-state index contributed by atoms with van der Waals surface area (Å²) in [6.07, 6.45) is 48.2. The van der Waals surface area contributed by atoms with E-state index < -0.39 is 0 Å². The lowest BCUT2D eigenvalue weighted by atomic mass is 10.1.